The van der Waals surface area contributed by atoms with Crippen molar-refractivity contribution in [2.45, 2.75) is 11.8 Å². The Hall–Kier alpha value is -2.59. The van der Waals surface area contributed by atoms with Crippen molar-refractivity contribution in [1.29, 1.82) is 0 Å². The molecule has 33 heavy (non-hydrogen) atoms. The first-order valence-electron chi connectivity index (χ1n) is 10.6. The minimum atomic E-state index is -3.54. The van der Waals surface area contributed by atoms with E-state index in [2.05, 4.69) is 32.5 Å². The van der Waals surface area contributed by atoms with Crippen molar-refractivity contribution in [3.8, 4) is 0 Å². The molecule has 0 atom stereocenters. The molecule has 0 aliphatic carbocycles. The SMILES string of the molecule is C/C(=N/NC(=O)CN1CCN(S(=O)(=O)c2ccc(Br)cc2)CC1)c1ccc2ccccc2c1. The van der Waals surface area contributed by atoms with E-state index in [1.165, 1.54) is 4.31 Å². The molecule has 0 unspecified atom stereocenters. The van der Waals surface area contributed by atoms with Crippen LogP contribution in [0.2, 0.25) is 0 Å². The van der Waals surface area contributed by atoms with Crippen molar-refractivity contribution in [3.05, 3.63) is 76.8 Å². The van der Waals surface area contributed by atoms with Gasteiger partial charge < -0.3 is 0 Å². The summed E-state index contributed by atoms with van der Waals surface area (Å²) in [6, 6.07) is 20.8. The number of fused-ring (bicyclic) bond motifs is 1. The Morgan fingerprint density at radius 1 is 0.970 bits per heavy atom. The minimum absolute atomic E-state index is 0.167. The minimum Gasteiger partial charge on any atom is -0.292 e. The highest BCUT2D eigenvalue weighted by Gasteiger charge is 2.29. The van der Waals surface area contributed by atoms with Crippen LogP contribution in [0.25, 0.3) is 10.8 Å². The molecule has 1 aliphatic rings. The number of sulfonamides is 1. The van der Waals surface area contributed by atoms with E-state index in [0.717, 1.165) is 26.5 Å². The highest BCUT2D eigenvalue weighted by molar-refractivity contribution is 9.10. The van der Waals surface area contributed by atoms with Crippen molar-refractivity contribution >= 4 is 48.3 Å². The first kappa shape index (κ1) is 23.6. The molecule has 9 heteroatoms. The molecule has 0 saturated carbocycles. The highest BCUT2D eigenvalue weighted by atomic mass is 79.9. The molecule has 1 amide bonds. The van der Waals surface area contributed by atoms with Gasteiger partial charge in [0.05, 0.1) is 17.2 Å². The first-order chi connectivity index (χ1) is 15.8. The fourth-order valence-corrected chi connectivity index (χ4v) is 5.43. The molecule has 1 saturated heterocycles. The third-order valence-electron chi connectivity index (χ3n) is 5.67. The number of carbonyl (C=O) groups excluding carboxylic acids is 1. The van der Waals surface area contributed by atoms with Crippen LogP contribution in [0.5, 0.6) is 0 Å². The molecule has 3 aromatic rings. The van der Waals surface area contributed by atoms with Crippen LogP contribution in [0.3, 0.4) is 0 Å². The number of amides is 1. The summed E-state index contributed by atoms with van der Waals surface area (Å²) >= 11 is 3.32. The first-order valence-corrected chi connectivity index (χ1v) is 12.9. The lowest BCUT2D eigenvalue weighted by Gasteiger charge is -2.33. The summed E-state index contributed by atoms with van der Waals surface area (Å²) in [6.45, 7) is 3.67. The Labute approximate surface area is 202 Å². The maximum Gasteiger partial charge on any atom is 0.254 e. The Morgan fingerprint density at radius 3 is 2.33 bits per heavy atom. The zero-order valence-electron chi connectivity index (χ0n) is 18.2. The summed E-state index contributed by atoms with van der Waals surface area (Å²) in [5.41, 5.74) is 4.29. The Kier molecular flexibility index (Phi) is 7.23. The zero-order valence-corrected chi connectivity index (χ0v) is 20.6. The monoisotopic (exact) mass is 528 g/mol. The van der Waals surface area contributed by atoms with Crippen LogP contribution in [0.15, 0.2) is 81.2 Å². The third-order valence-corrected chi connectivity index (χ3v) is 8.11. The van der Waals surface area contributed by atoms with Crippen LogP contribution >= 0.6 is 15.9 Å². The highest BCUT2D eigenvalue weighted by Crippen LogP contribution is 2.20. The number of halogens is 1. The van der Waals surface area contributed by atoms with Gasteiger partial charge >= 0.3 is 0 Å². The molecular formula is C24H25BrN4O3S. The number of nitrogens with one attached hydrogen (secondary N) is 1. The summed E-state index contributed by atoms with van der Waals surface area (Å²) in [5, 5.41) is 6.52. The van der Waals surface area contributed by atoms with E-state index in [1.807, 2.05) is 48.2 Å². The Morgan fingerprint density at radius 2 is 1.64 bits per heavy atom. The number of hydrazone groups is 1. The van der Waals surface area contributed by atoms with Crippen molar-refractivity contribution in [3.63, 3.8) is 0 Å². The van der Waals surface area contributed by atoms with E-state index in [-0.39, 0.29) is 17.3 Å². The number of hydrogen-bond donors (Lipinski definition) is 1. The van der Waals surface area contributed by atoms with Crippen LogP contribution in [0, 0.1) is 0 Å². The zero-order chi connectivity index (χ0) is 23.4. The molecule has 1 N–H and O–H groups in total. The molecule has 1 heterocycles. The summed E-state index contributed by atoms with van der Waals surface area (Å²) in [5.74, 6) is -0.223. The van der Waals surface area contributed by atoms with Gasteiger partial charge in [0, 0.05) is 30.7 Å². The van der Waals surface area contributed by atoms with Crippen LogP contribution in [-0.2, 0) is 14.8 Å². The average Bonchev–Trinajstić information content (AvgIpc) is 2.83. The second kappa shape index (κ2) is 10.1. The van der Waals surface area contributed by atoms with E-state index >= 15 is 0 Å². The van der Waals surface area contributed by atoms with Crippen molar-refractivity contribution < 1.29 is 13.2 Å². The Balaban J connectivity index is 1.30. The van der Waals surface area contributed by atoms with E-state index in [4.69, 9.17) is 0 Å². The van der Waals surface area contributed by atoms with Gasteiger partial charge in [-0.2, -0.15) is 9.41 Å². The fraction of sp³-hybridized carbons (Fsp3) is 0.250. The predicted molar refractivity (Wildman–Crippen MR) is 134 cm³/mol. The smallest absolute Gasteiger partial charge is 0.254 e. The van der Waals surface area contributed by atoms with Crippen LogP contribution in [0.4, 0.5) is 0 Å². The maximum absolute atomic E-state index is 12.8. The van der Waals surface area contributed by atoms with Crippen LogP contribution in [-0.4, -0.2) is 62.0 Å². The molecular weight excluding hydrogens is 504 g/mol. The number of carbonyl (C=O) groups is 1. The number of rotatable bonds is 6. The van der Waals surface area contributed by atoms with E-state index in [0.29, 0.717) is 26.2 Å². The number of nitrogens with zero attached hydrogens (tertiary/aromatic N) is 3. The van der Waals surface area contributed by atoms with Gasteiger partial charge in [0.1, 0.15) is 0 Å². The second-order valence-electron chi connectivity index (χ2n) is 7.93. The topological polar surface area (TPSA) is 82.1 Å². The quantitative estimate of drug-likeness (QED) is 0.392. The molecule has 0 radical (unpaired) electrons. The van der Waals surface area contributed by atoms with Crippen molar-refractivity contribution in [1.82, 2.24) is 14.6 Å². The normalized spacial score (nSPS) is 16.1. The number of benzene rings is 3. The lowest BCUT2D eigenvalue weighted by molar-refractivity contribution is -0.122. The van der Waals surface area contributed by atoms with Crippen LogP contribution in [0.1, 0.15) is 12.5 Å². The lowest BCUT2D eigenvalue weighted by Crippen LogP contribution is -2.50. The molecule has 0 spiro atoms. The molecule has 1 fully saturated rings. The van der Waals surface area contributed by atoms with E-state index in [9.17, 15) is 13.2 Å². The molecule has 4 rings (SSSR count). The van der Waals surface area contributed by atoms with Gasteiger partial charge in [-0.05, 0) is 53.6 Å². The van der Waals surface area contributed by atoms with Gasteiger partial charge in [-0.1, -0.05) is 52.3 Å². The summed E-state index contributed by atoms with van der Waals surface area (Å²) < 4.78 is 27.9. The predicted octanol–water partition coefficient (Wildman–Crippen LogP) is 3.45. The fourth-order valence-electron chi connectivity index (χ4n) is 3.75. The molecule has 7 nitrogen and oxygen atoms in total. The molecule has 3 aromatic carbocycles. The van der Waals surface area contributed by atoms with Crippen molar-refractivity contribution in [2.24, 2.45) is 5.10 Å². The summed E-state index contributed by atoms with van der Waals surface area (Å²) in [7, 11) is -3.54. The lowest BCUT2D eigenvalue weighted by atomic mass is 10.0. The van der Waals surface area contributed by atoms with Gasteiger partial charge in [-0.25, -0.2) is 13.8 Å². The van der Waals surface area contributed by atoms with Gasteiger partial charge in [-0.15, -0.1) is 0 Å². The summed E-state index contributed by atoms with van der Waals surface area (Å²) in [4.78, 5) is 14.6. The number of hydrogen-bond acceptors (Lipinski definition) is 5. The molecule has 0 aromatic heterocycles. The summed E-state index contributed by atoms with van der Waals surface area (Å²) in [6.07, 6.45) is 0. The standard InChI is InChI=1S/C24H25BrN4O3S/c1-18(20-7-6-19-4-2-3-5-21(19)16-20)26-27-24(30)17-28-12-14-29(15-13-28)33(31,32)23-10-8-22(25)9-11-23/h2-11,16H,12-15,17H2,1H3,(H,27,30)/b26-18-. The second-order valence-corrected chi connectivity index (χ2v) is 10.8. The molecule has 172 valence electrons. The molecule has 1 aliphatic heterocycles. The third kappa shape index (κ3) is 5.67. The van der Waals surface area contributed by atoms with Gasteiger partial charge in [0.25, 0.3) is 5.91 Å². The van der Waals surface area contributed by atoms with E-state index < -0.39 is 10.0 Å². The van der Waals surface area contributed by atoms with Gasteiger partial charge in [0.2, 0.25) is 10.0 Å². The average molecular weight is 529 g/mol. The van der Waals surface area contributed by atoms with Gasteiger partial charge in [-0.3, -0.25) is 9.69 Å². The number of piperazine rings is 1. The largest absolute Gasteiger partial charge is 0.292 e. The molecule has 0 bridgehead atoms. The maximum atomic E-state index is 12.8. The van der Waals surface area contributed by atoms with Crippen LogP contribution < -0.4 is 5.43 Å². The van der Waals surface area contributed by atoms with Gasteiger partial charge in [0.15, 0.2) is 0 Å². The Bertz CT molecular complexity index is 1280. The van der Waals surface area contributed by atoms with Crippen molar-refractivity contribution in [2.75, 3.05) is 32.7 Å². The van der Waals surface area contributed by atoms with E-state index in [1.54, 1.807) is 24.3 Å².